The van der Waals surface area contributed by atoms with Crippen LogP contribution >= 0.6 is 11.6 Å². The van der Waals surface area contributed by atoms with Crippen molar-refractivity contribution in [2.75, 3.05) is 4.90 Å². The summed E-state index contributed by atoms with van der Waals surface area (Å²) < 4.78 is 10.8. The normalized spacial score (nSPS) is 17.9. The number of aliphatic hydroxyl groups is 1. The Balaban J connectivity index is 1.85. The lowest BCUT2D eigenvalue weighted by atomic mass is 9.95. The summed E-state index contributed by atoms with van der Waals surface area (Å²) in [6, 6.07) is 14.0. The third-order valence-corrected chi connectivity index (χ3v) is 5.24. The predicted octanol–water partition coefficient (Wildman–Crippen LogP) is 5.05. The van der Waals surface area contributed by atoms with Crippen LogP contribution in [0, 0.1) is 6.92 Å². The van der Waals surface area contributed by atoms with Gasteiger partial charge in [-0.25, -0.2) is 0 Å². The number of carbonyl (C=O) groups is 2. The van der Waals surface area contributed by atoms with Crippen LogP contribution in [0.3, 0.4) is 0 Å². The van der Waals surface area contributed by atoms with Crippen molar-refractivity contribution >= 4 is 34.9 Å². The molecule has 7 nitrogen and oxygen atoms in total. The molecule has 1 fully saturated rings. The Bertz CT molecular complexity index is 1200. The highest BCUT2D eigenvalue weighted by atomic mass is 35.5. The first-order chi connectivity index (χ1) is 15.3. The molecule has 32 heavy (non-hydrogen) atoms. The highest BCUT2D eigenvalue weighted by Crippen LogP contribution is 2.42. The van der Waals surface area contributed by atoms with Crippen LogP contribution in [0.2, 0.25) is 5.02 Å². The van der Waals surface area contributed by atoms with Gasteiger partial charge in [0, 0.05) is 16.7 Å². The summed E-state index contributed by atoms with van der Waals surface area (Å²) >= 11 is 6.03. The van der Waals surface area contributed by atoms with E-state index in [-0.39, 0.29) is 23.3 Å². The zero-order chi connectivity index (χ0) is 23.0. The molecule has 2 aromatic carbocycles. The smallest absolute Gasteiger partial charge is 0.301 e. The molecule has 0 bridgehead atoms. The van der Waals surface area contributed by atoms with Crippen molar-refractivity contribution in [2.45, 2.75) is 32.9 Å². The molecule has 8 heteroatoms. The molecule has 1 amide bonds. The summed E-state index contributed by atoms with van der Waals surface area (Å²) in [5.74, 6) is -0.613. The van der Waals surface area contributed by atoms with Gasteiger partial charge in [-0.15, -0.1) is 0 Å². The molecular weight excluding hydrogens is 432 g/mol. The van der Waals surface area contributed by atoms with E-state index in [9.17, 15) is 14.7 Å². The highest BCUT2D eigenvalue weighted by molar-refractivity contribution is 6.51. The summed E-state index contributed by atoms with van der Waals surface area (Å²) in [6.07, 6.45) is -0.00408. The lowest BCUT2D eigenvalue weighted by Gasteiger charge is -2.23. The van der Waals surface area contributed by atoms with Crippen LogP contribution in [0.1, 0.15) is 36.8 Å². The van der Waals surface area contributed by atoms with E-state index in [1.807, 2.05) is 13.8 Å². The van der Waals surface area contributed by atoms with Crippen LogP contribution in [0.15, 0.2) is 64.7 Å². The number of Topliss-reactive ketones (excluding diaryl/α,β-unsaturated/α-hetero) is 1. The van der Waals surface area contributed by atoms with Gasteiger partial charge in [0.1, 0.15) is 17.3 Å². The number of rotatable bonds is 5. The van der Waals surface area contributed by atoms with Crippen molar-refractivity contribution in [2.24, 2.45) is 0 Å². The SMILES string of the molecule is Cc1cc(N2C(=O)C(=O)C(=C(O)c3ccc(OC(C)C)cc3)[C@@H]2c2ccc(Cl)cc2)no1. The van der Waals surface area contributed by atoms with Crippen molar-refractivity contribution in [3.8, 4) is 5.75 Å². The van der Waals surface area contributed by atoms with Gasteiger partial charge in [0.25, 0.3) is 5.78 Å². The van der Waals surface area contributed by atoms with Crippen LogP contribution < -0.4 is 9.64 Å². The first-order valence-electron chi connectivity index (χ1n) is 10.0. The van der Waals surface area contributed by atoms with E-state index in [4.69, 9.17) is 20.9 Å². The van der Waals surface area contributed by atoms with E-state index in [2.05, 4.69) is 5.16 Å². The average molecular weight is 453 g/mol. The van der Waals surface area contributed by atoms with Gasteiger partial charge in [-0.05, 0) is 62.7 Å². The van der Waals surface area contributed by atoms with Crippen LogP contribution in [0.5, 0.6) is 5.75 Å². The lowest BCUT2D eigenvalue weighted by molar-refractivity contribution is -0.132. The van der Waals surface area contributed by atoms with Gasteiger partial charge in [0.05, 0.1) is 17.7 Å². The van der Waals surface area contributed by atoms with E-state index >= 15 is 0 Å². The number of amides is 1. The van der Waals surface area contributed by atoms with Crippen molar-refractivity contribution in [3.63, 3.8) is 0 Å². The minimum Gasteiger partial charge on any atom is -0.507 e. The minimum atomic E-state index is -0.900. The molecular formula is C24H21ClN2O5. The van der Waals surface area contributed by atoms with Crippen LogP contribution in [-0.4, -0.2) is 28.1 Å². The largest absolute Gasteiger partial charge is 0.507 e. The number of aliphatic hydroxyl groups excluding tert-OH is 1. The third-order valence-electron chi connectivity index (χ3n) is 4.99. The van der Waals surface area contributed by atoms with Gasteiger partial charge < -0.3 is 14.4 Å². The fourth-order valence-corrected chi connectivity index (χ4v) is 3.74. The fraction of sp³-hybridized carbons (Fsp3) is 0.208. The zero-order valence-corrected chi connectivity index (χ0v) is 18.5. The number of aromatic nitrogens is 1. The maximum Gasteiger partial charge on any atom is 0.301 e. The average Bonchev–Trinajstić information content (AvgIpc) is 3.29. The maximum atomic E-state index is 13.1. The molecule has 2 heterocycles. The predicted molar refractivity (Wildman–Crippen MR) is 120 cm³/mol. The summed E-state index contributed by atoms with van der Waals surface area (Å²) in [7, 11) is 0. The van der Waals surface area contributed by atoms with Gasteiger partial charge in [-0.1, -0.05) is 28.9 Å². The van der Waals surface area contributed by atoms with E-state index < -0.39 is 17.7 Å². The molecule has 164 valence electrons. The number of ketones is 1. The van der Waals surface area contributed by atoms with Crippen LogP contribution in [0.25, 0.3) is 5.76 Å². The Hall–Kier alpha value is -3.58. The molecule has 1 aliphatic rings. The second-order valence-electron chi connectivity index (χ2n) is 7.71. The molecule has 0 saturated carbocycles. The first-order valence-corrected chi connectivity index (χ1v) is 10.4. The molecule has 1 atom stereocenters. The fourth-order valence-electron chi connectivity index (χ4n) is 3.62. The van der Waals surface area contributed by atoms with Gasteiger partial charge in [-0.2, -0.15) is 0 Å². The number of anilines is 1. The van der Waals surface area contributed by atoms with E-state index in [0.717, 1.165) is 0 Å². The van der Waals surface area contributed by atoms with Crippen molar-refractivity contribution in [3.05, 3.63) is 82.1 Å². The van der Waals surface area contributed by atoms with E-state index in [0.29, 0.717) is 27.7 Å². The van der Waals surface area contributed by atoms with Crippen molar-refractivity contribution in [1.29, 1.82) is 0 Å². The summed E-state index contributed by atoms with van der Waals surface area (Å²) in [6.45, 7) is 5.51. The Kier molecular flexibility index (Phi) is 5.76. The number of ether oxygens (including phenoxy) is 1. The van der Waals surface area contributed by atoms with Crippen LogP contribution in [-0.2, 0) is 9.59 Å². The van der Waals surface area contributed by atoms with Crippen molar-refractivity contribution in [1.82, 2.24) is 5.16 Å². The molecule has 1 N–H and O–H groups in total. The first kappa shape index (κ1) is 21.6. The second kappa shape index (κ2) is 8.51. The molecule has 4 rings (SSSR count). The topological polar surface area (TPSA) is 92.9 Å². The maximum absolute atomic E-state index is 13.1. The molecule has 0 spiro atoms. The molecule has 1 aromatic heterocycles. The number of halogens is 1. The van der Waals surface area contributed by atoms with Gasteiger partial charge in [-0.3, -0.25) is 14.5 Å². The quantitative estimate of drug-likeness (QED) is 0.331. The number of hydrogen-bond acceptors (Lipinski definition) is 6. The molecule has 0 unspecified atom stereocenters. The van der Waals surface area contributed by atoms with Crippen molar-refractivity contribution < 1.29 is 24.0 Å². The zero-order valence-electron chi connectivity index (χ0n) is 17.7. The standard InChI is InChI=1S/C24H21ClN2O5/c1-13(2)31-18-10-6-16(7-11-18)22(28)20-21(15-4-8-17(25)9-5-15)27(24(30)23(20)29)19-12-14(3)32-26-19/h4-13,21,28H,1-3H3/t21-/m0/s1. The number of aryl methyl sites for hydroxylation is 1. The summed E-state index contributed by atoms with van der Waals surface area (Å²) in [5, 5.41) is 15.5. The molecule has 0 aliphatic carbocycles. The van der Waals surface area contributed by atoms with Gasteiger partial charge >= 0.3 is 5.91 Å². The second-order valence-corrected chi connectivity index (χ2v) is 8.14. The number of hydrogen-bond donors (Lipinski definition) is 1. The Morgan fingerprint density at radius 3 is 2.34 bits per heavy atom. The highest BCUT2D eigenvalue weighted by Gasteiger charge is 2.48. The Morgan fingerprint density at radius 2 is 1.78 bits per heavy atom. The molecule has 0 radical (unpaired) electrons. The Morgan fingerprint density at radius 1 is 1.12 bits per heavy atom. The summed E-state index contributed by atoms with van der Waals surface area (Å²) in [5.41, 5.74) is 0.931. The number of carbonyl (C=O) groups excluding carboxylic acids is 2. The lowest BCUT2D eigenvalue weighted by Crippen LogP contribution is -2.29. The van der Waals surface area contributed by atoms with E-state index in [1.165, 1.54) is 4.90 Å². The van der Waals surface area contributed by atoms with E-state index in [1.54, 1.807) is 61.5 Å². The monoisotopic (exact) mass is 452 g/mol. The number of benzene rings is 2. The van der Waals surface area contributed by atoms with Gasteiger partial charge in [0.15, 0.2) is 5.82 Å². The minimum absolute atomic E-state index is 0.00408. The summed E-state index contributed by atoms with van der Waals surface area (Å²) in [4.78, 5) is 27.3. The Labute approximate surface area is 189 Å². The molecule has 1 saturated heterocycles. The number of nitrogens with zero attached hydrogens (tertiary/aromatic N) is 2. The molecule has 3 aromatic rings. The third kappa shape index (κ3) is 3.99. The molecule has 1 aliphatic heterocycles. The van der Waals surface area contributed by atoms with Gasteiger partial charge in [0.2, 0.25) is 0 Å². The van der Waals surface area contributed by atoms with Crippen LogP contribution in [0.4, 0.5) is 5.82 Å².